The lowest BCUT2D eigenvalue weighted by atomic mass is 9.94. The highest BCUT2D eigenvalue weighted by atomic mass is 79.9. The molecule has 0 aliphatic heterocycles. The van der Waals surface area contributed by atoms with Gasteiger partial charge < -0.3 is 4.90 Å². The van der Waals surface area contributed by atoms with E-state index in [4.69, 9.17) is 0 Å². The van der Waals surface area contributed by atoms with Crippen LogP contribution in [0.15, 0.2) is 22.7 Å². The van der Waals surface area contributed by atoms with Crippen molar-refractivity contribution < 1.29 is 4.79 Å². The van der Waals surface area contributed by atoms with E-state index in [1.54, 1.807) is 0 Å². The van der Waals surface area contributed by atoms with Crippen LogP contribution >= 0.6 is 31.9 Å². The summed E-state index contributed by atoms with van der Waals surface area (Å²) in [5, 5.41) is 0. The topological polar surface area (TPSA) is 20.3 Å². The Morgan fingerprint density at radius 2 is 2.00 bits per heavy atom. The molecule has 1 saturated carbocycles. The molecular formula is C15H19Br2NO. The van der Waals surface area contributed by atoms with Crippen molar-refractivity contribution >= 4 is 37.8 Å². The molecular weight excluding hydrogens is 370 g/mol. The average Bonchev–Trinajstić information content (AvgIpc) is 2.41. The number of carbonyl (C=O) groups is 1. The summed E-state index contributed by atoms with van der Waals surface area (Å²) >= 11 is 7.25. The summed E-state index contributed by atoms with van der Waals surface area (Å²) in [6.45, 7) is 2.01. The summed E-state index contributed by atoms with van der Waals surface area (Å²) in [5.41, 5.74) is 1.85. The van der Waals surface area contributed by atoms with E-state index in [2.05, 4.69) is 31.9 Å². The first-order valence-corrected chi connectivity index (χ1v) is 8.39. The molecule has 104 valence electrons. The van der Waals surface area contributed by atoms with Crippen LogP contribution in [0.1, 0.15) is 41.6 Å². The number of alkyl halides is 1. The standard InChI is InChI=1S/C15H19Br2NO/c1-10-6-5-7-11(14(10)17)15(19)18(2)13-9-4-3-8-12(13)16/h5-7,12-13H,3-4,8-9H2,1-2H3. The van der Waals surface area contributed by atoms with Gasteiger partial charge in [-0.25, -0.2) is 0 Å². The van der Waals surface area contributed by atoms with E-state index in [-0.39, 0.29) is 5.91 Å². The molecule has 2 atom stereocenters. The molecule has 0 heterocycles. The fourth-order valence-electron chi connectivity index (χ4n) is 2.66. The Kier molecular flexibility index (Phi) is 5.07. The molecule has 1 amide bonds. The van der Waals surface area contributed by atoms with E-state index in [1.165, 1.54) is 12.8 Å². The summed E-state index contributed by atoms with van der Waals surface area (Å²) < 4.78 is 0.911. The minimum Gasteiger partial charge on any atom is -0.338 e. The van der Waals surface area contributed by atoms with Crippen molar-refractivity contribution in [3.05, 3.63) is 33.8 Å². The Morgan fingerprint density at radius 3 is 2.68 bits per heavy atom. The SMILES string of the molecule is Cc1cccc(C(=O)N(C)C2CCCCC2Br)c1Br. The van der Waals surface area contributed by atoms with E-state index < -0.39 is 0 Å². The molecule has 0 N–H and O–H groups in total. The second-order valence-corrected chi connectivity index (χ2v) is 7.19. The van der Waals surface area contributed by atoms with Crippen LogP contribution in [0.2, 0.25) is 0 Å². The monoisotopic (exact) mass is 387 g/mol. The Hall–Kier alpha value is -0.350. The molecule has 0 radical (unpaired) electrons. The highest BCUT2D eigenvalue weighted by molar-refractivity contribution is 9.10. The minimum atomic E-state index is 0.104. The average molecular weight is 389 g/mol. The van der Waals surface area contributed by atoms with Gasteiger partial charge in [-0.1, -0.05) is 40.9 Å². The Labute approximate surface area is 131 Å². The lowest BCUT2D eigenvalue weighted by Crippen LogP contribution is -2.44. The summed E-state index contributed by atoms with van der Waals surface area (Å²) in [6.07, 6.45) is 4.70. The van der Waals surface area contributed by atoms with Crippen LogP contribution in [0.5, 0.6) is 0 Å². The van der Waals surface area contributed by atoms with Crippen LogP contribution in [-0.4, -0.2) is 28.7 Å². The third-order valence-corrected chi connectivity index (χ3v) is 6.01. The maximum atomic E-state index is 12.6. The molecule has 1 aromatic carbocycles. The number of nitrogens with zero attached hydrogens (tertiary/aromatic N) is 1. The van der Waals surface area contributed by atoms with Gasteiger partial charge in [-0.3, -0.25) is 4.79 Å². The van der Waals surface area contributed by atoms with Crippen molar-refractivity contribution in [3.63, 3.8) is 0 Å². The molecule has 2 nitrogen and oxygen atoms in total. The summed E-state index contributed by atoms with van der Waals surface area (Å²) in [7, 11) is 1.92. The van der Waals surface area contributed by atoms with Crippen LogP contribution < -0.4 is 0 Å². The van der Waals surface area contributed by atoms with Crippen molar-refractivity contribution in [1.82, 2.24) is 4.90 Å². The lowest BCUT2D eigenvalue weighted by molar-refractivity contribution is 0.0703. The zero-order valence-corrected chi connectivity index (χ0v) is 14.5. The number of hydrogen-bond acceptors (Lipinski definition) is 1. The van der Waals surface area contributed by atoms with Gasteiger partial charge in [0.05, 0.1) is 5.56 Å². The normalized spacial score (nSPS) is 23.2. The number of hydrogen-bond donors (Lipinski definition) is 0. The smallest absolute Gasteiger partial charge is 0.255 e. The number of carbonyl (C=O) groups excluding carboxylic acids is 1. The Balaban J connectivity index is 2.21. The molecule has 2 rings (SSSR count). The van der Waals surface area contributed by atoms with Gasteiger partial charge in [0.15, 0.2) is 0 Å². The molecule has 0 bridgehead atoms. The number of benzene rings is 1. The fourth-order valence-corrected chi connectivity index (χ4v) is 4.03. The third kappa shape index (κ3) is 3.22. The molecule has 0 spiro atoms. The quantitative estimate of drug-likeness (QED) is 0.681. The zero-order valence-electron chi connectivity index (χ0n) is 11.3. The van der Waals surface area contributed by atoms with Gasteiger partial charge in [0.25, 0.3) is 5.91 Å². The summed E-state index contributed by atoms with van der Waals surface area (Å²) in [6, 6.07) is 6.14. The van der Waals surface area contributed by atoms with Crippen molar-refractivity contribution in [1.29, 1.82) is 0 Å². The largest absolute Gasteiger partial charge is 0.338 e. The predicted molar refractivity (Wildman–Crippen MR) is 85.9 cm³/mol. The van der Waals surface area contributed by atoms with E-state index in [1.807, 2.05) is 37.1 Å². The molecule has 1 aliphatic carbocycles. The van der Waals surface area contributed by atoms with Crippen molar-refractivity contribution in [2.45, 2.75) is 43.5 Å². The third-order valence-electron chi connectivity index (χ3n) is 3.89. The predicted octanol–water partition coefficient (Wildman–Crippen LogP) is 4.54. The maximum absolute atomic E-state index is 12.6. The number of rotatable bonds is 2. The second-order valence-electron chi connectivity index (χ2n) is 5.22. The Morgan fingerprint density at radius 1 is 1.32 bits per heavy atom. The first kappa shape index (κ1) is 15.0. The van der Waals surface area contributed by atoms with Crippen molar-refractivity contribution in [2.75, 3.05) is 7.05 Å². The van der Waals surface area contributed by atoms with Gasteiger partial charge in [-0.05, 0) is 47.3 Å². The zero-order chi connectivity index (χ0) is 14.0. The first-order valence-electron chi connectivity index (χ1n) is 6.68. The first-order chi connectivity index (χ1) is 9.02. The van der Waals surface area contributed by atoms with Gasteiger partial charge in [0.1, 0.15) is 0 Å². The van der Waals surface area contributed by atoms with Gasteiger partial charge in [0.2, 0.25) is 0 Å². The van der Waals surface area contributed by atoms with Crippen LogP contribution in [-0.2, 0) is 0 Å². The molecule has 19 heavy (non-hydrogen) atoms. The second kappa shape index (κ2) is 6.40. The summed E-state index contributed by atoms with van der Waals surface area (Å²) in [5.74, 6) is 0.104. The van der Waals surface area contributed by atoms with E-state index >= 15 is 0 Å². The molecule has 1 aliphatic rings. The van der Waals surface area contributed by atoms with Gasteiger partial charge in [-0.2, -0.15) is 0 Å². The van der Waals surface area contributed by atoms with Crippen LogP contribution in [0.25, 0.3) is 0 Å². The molecule has 0 saturated heterocycles. The number of halogens is 2. The van der Waals surface area contributed by atoms with E-state index in [9.17, 15) is 4.79 Å². The van der Waals surface area contributed by atoms with Gasteiger partial charge in [-0.15, -0.1) is 0 Å². The highest BCUT2D eigenvalue weighted by Gasteiger charge is 2.30. The van der Waals surface area contributed by atoms with E-state index in [0.29, 0.717) is 10.9 Å². The molecule has 1 fully saturated rings. The van der Waals surface area contributed by atoms with Gasteiger partial charge in [0, 0.05) is 22.4 Å². The van der Waals surface area contributed by atoms with Crippen LogP contribution in [0.4, 0.5) is 0 Å². The van der Waals surface area contributed by atoms with Crippen molar-refractivity contribution in [3.8, 4) is 0 Å². The fraction of sp³-hybridized carbons (Fsp3) is 0.533. The minimum absolute atomic E-state index is 0.104. The lowest BCUT2D eigenvalue weighted by Gasteiger charge is -2.35. The molecule has 1 aromatic rings. The maximum Gasteiger partial charge on any atom is 0.255 e. The highest BCUT2D eigenvalue weighted by Crippen LogP contribution is 2.30. The van der Waals surface area contributed by atoms with Crippen LogP contribution in [0.3, 0.4) is 0 Å². The van der Waals surface area contributed by atoms with Crippen molar-refractivity contribution in [2.24, 2.45) is 0 Å². The van der Waals surface area contributed by atoms with E-state index in [0.717, 1.165) is 28.4 Å². The molecule has 4 heteroatoms. The number of amides is 1. The number of aryl methyl sites for hydroxylation is 1. The van der Waals surface area contributed by atoms with Crippen LogP contribution in [0, 0.1) is 6.92 Å². The Bertz CT molecular complexity index is 475. The molecule has 2 unspecified atom stereocenters. The summed E-state index contributed by atoms with van der Waals surface area (Å²) in [4.78, 5) is 15.0. The van der Waals surface area contributed by atoms with Gasteiger partial charge >= 0.3 is 0 Å². The molecule has 0 aromatic heterocycles.